The van der Waals surface area contributed by atoms with Gasteiger partial charge in [0.15, 0.2) is 6.29 Å². The minimum Gasteiger partial charge on any atom is -0.458 e. The SMILES string of the molecule is CC1OC(O[C@H]2C[C@@H](O)[C@]3(C)[C@H]4[C@H](O)C[C@]5(C)C(C6=CC(=O)OC6)CC[C@]5(O)[C@@H]4CC[C@]3(O)C2)C(O)C(O)C1O. The van der Waals surface area contributed by atoms with Gasteiger partial charge in [-0.15, -0.1) is 0 Å². The molecule has 4 saturated carbocycles. The number of esters is 1. The van der Waals surface area contributed by atoms with Gasteiger partial charge < -0.3 is 50.0 Å². The molecule has 226 valence electrons. The van der Waals surface area contributed by atoms with Crippen LogP contribution >= 0.6 is 0 Å². The highest BCUT2D eigenvalue weighted by molar-refractivity contribution is 5.85. The summed E-state index contributed by atoms with van der Waals surface area (Å²) in [7, 11) is 0. The minimum atomic E-state index is -1.50. The molecule has 0 radical (unpaired) electrons. The number of aliphatic hydroxyl groups is 7. The predicted octanol–water partition coefficient (Wildman–Crippen LogP) is -0.487. The van der Waals surface area contributed by atoms with Crippen molar-refractivity contribution in [2.24, 2.45) is 28.6 Å². The summed E-state index contributed by atoms with van der Waals surface area (Å²) in [6, 6.07) is 0. The highest BCUT2D eigenvalue weighted by atomic mass is 16.7. The van der Waals surface area contributed by atoms with E-state index in [1.54, 1.807) is 13.8 Å². The molecule has 0 aromatic carbocycles. The summed E-state index contributed by atoms with van der Waals surface area (Å²) in [4.78, 5) is 11.8. The molecular weight excluding hydrogens is 524 g/mol. The van der Waals surface area contributed by atoms with Gasteiger partial charge in [-0.2, -0.15) is 0 Å². The number of hydrogen-bond donors (Lipinski definition) is 7. The van der Waals surface area contributed by atoms with Crippen LogP contribution in [0, 0.1) is 28.6 Å². The average molecular weight is 569 g/mol. The Balaban J connectivity index is 1.26. The molecule has 11 nitrogen and oxygen atoms in total. The summed E-state index contributed by atoms with van der Waals surface area (Å²) < 4.78 is 16.8. The van der Waals surface area contributed by atoms with Crippen LogP contribution < -0.4 is 0 Å². The number of carbonyl (C=O) groups is 1. The summed E-state index contributed by atoms with van der Waals surface area (Å²) in [6.07, 6.45) is -5.12. The molecule has 2 heterocycles. The second-order valence-electron chi connectivity index (χ2n) is 13.9. The first-order chi connectivity index (χ1) is 18.7. The Morgan fingerprint density at radius 3 is 2.38 bits per heavy atom. The lowest BCUT2D eigenvalue weighted by Crippen LogP contribution is -2.74. The minimum absolute atomic E-state index is 0.0962. The van der Waals surface area contributed by atoms with Gasteiger partial charge in [-0.3, -0.25) is 0 Å². The smallest absolute Gasteiger partial charge is 0.331 e. The number of rotatable bonds is 3. The Kier molecular flexibility index (Phi) is 6.82. The first kappa shape index (κ1) is 28.9. The number of ether oxygens (including phenoxy) is 3. The summed E-state index contributed by atoms with van der Waals surface area (Å²) in [5.74, 6) is -1.45. The molecule has 11 heteroatoms. The lowest BCUT2D eigenvalue weighted by atomic mass is 9.40. The van der Waals surface area contributed by atoms with E-state index in [0.29, 0.717) is 19.3 Å². The number of fused-ring (bicyclic) bond motifs is 5. The van der Waals surface area contributed by atoms with Crippen LogP contribution in [0.1, 0.15) is 65.7 Å². The van der Waals surface area contributed by atoms with Crippen molar-refractivity contribution in [3.8, 4) is 0 Å². The predicted molar refractivity (Wildman–Crippen MR) is 137 cm³/mol. The third-order valence-electron chi connectivity index (χ3n) is 12.2. The summed E-state index contributed by atoms with van der Waals surface area (Å²) >= 11 is 0. The van der Waals surface area contributed by atoms with E-state index in [0.717, 1.165) is 5.57 Å². The van der Waals surface area contributed by atoms with Gasteiger partial charge in [0.25, 0.3) is 0 Å². The van der Waals surface area contributed by atoms with Crippen molar-refractivity contribution < 1.29 is 54.8 Å². The zero-order valence-corrected chi connectivity index (χ0v) is 23.3. The number of aliphatic hydroxyl groups excluding tert-OH is 5. The maximum absolute atomic E-state index is 12.4. The van der Waals surface area contributed by atoms with Crippen molar-refractivity contribution in [1.82, 2.24) is 0 Å². The van der Waals surface area contributed by atoms with E-state index in [2.05, 4.69) is 0 Å². The van der Waals surface area contributed by atoms with Gasteiger partial charge in [0.1, 0.15) is 24.9 Å². The quantitative estimate of drug-likeness (QED) is 0.172. The molecule has 15 atom stereocenters. The molecule has 40 heavy (non-hydrogen) atoms. The second-order valence-corrected chi connectivity index (χ2v) is 13.9. The largest absolute Gasteiger partial charge is 0.458 e. The van der Waals surface area contributed by atoms with Crippen LogP contribution in [0.25, 0.3) is 0 Å². The van der Waals surface area contributed by atoms with E-state index >= 15 is 0 Å². The van der Waals surface area contributed by atoms with E-state index in [4.69, 9.17) is 14.2 Å². The highest BCUT2D eigenvalue weighted by Crippen LogP contribution is 2.70. The van der Waals surface area contributed by atoms with Crippen LogP contribution in [0.4, 0.5) is 0 Å². The number of hydrogen-bond acceptors (Lipinski definition) is 11. The molecule has 6 aliphatic rings. The van der Waals surface area contributed by atoms with Gasteiger partial charge in [0.05, 0.1) is 35.6 Å². The lowest BCUT2D eigenvalue weighted by Gasteiger charge is -2.68. The van der Waals surface area contributed by atoms with Crippen LogP contribution in [0.15, 0.2) is 11.6 Å². The third kappa shape index (κ3) is 3.79. The van der Waals surface area contributed by atoms with Crippen molar-refractivity contribution in [3.05, 3.63) is 11.6 Å². The lowest BCUT2D eigenvalue weighted by molar-refractivity contribution is -0.335. The van der Waals surface area contributed by atoms with E-state index in [1.807, 2.05) is 6.92 Å². The molecule has 0 aromatic rings. The molecule has 0 aromatic heterocycles. The van der Waals surface area contributed by atoms with Crippen molar-refractivity contribution in [3.63, 3.8) is 0 Å². The van der Waals surface area contributed by atoms with Crippen molar-refractivity contribution in [2.75, 3.05) is 6.61 Å². The topological polar surface area (TPSA) is 186 Å². The molecule has 0 amide bonds. The van der Waals surface area contributed by atoms with E-state index in [1.165, 1.54) is 6.08 Å². The molecule has 2 aliphatic heterocycles. The zero-order valence-electron chi connectivity index (χ0n) is 23.3. The van der Waals surface area contributed by atoms with E-state index in [-0.39, 0.29) is 50.1 Å². The molecule has 0 spiro atoms. The monoisotopic (exact) mass is 568 g/mol. The first-order valence-electron chi connectivity index (χ1n) is 14.7. The summed E-state index contributed by atoms with van der Waals surface area (Å²) in [5, 5.41) is 78.5. The number of carbonyl (C=O) groups excluding carboxylic acids is 1. The summed E-state index contributed by atoms with van der Waals surface area (Å²) in [6.45, 7) is 5.54. The fourth-order valence-electron chi connectivity index (χ4n) is 9.95. The molecule has 4 aliphatic carbocycles. The Morgan fingerprint density at radius 2 is 1.70 bits per heavy atom. The highest BCUT2D eigenvalue weighted by Gasteiger charge is 2.74. The van der Waals surface area contributed by atoms with Crippen LogP contribution in [0.3, 0.4) is 0 Å². The van der Waals surface area contributed by atoms with Gasteiger partial charge in [0.2, 0.25) is 0 Å². The maximum Gasteiger partial charge on any atom is 0.331 e. The van der Waals surface area contributed by atoms with E-state index in [9.17, 15) is 40.5 Å². The van der Waals surface area contributed by atoms with Crippen LogP contribution in [-0.4, -0.2) is 109 Å². The molecule has 7 N–H and O–H groups in total. The Morgan fingerprint density at radius 1 is 0.975 bits per heavy atom. The maximum atomic E-state index is 12.4. The Labute approximate surface area is 233 Å². The fraction of sp³-hybridized carbons (Fsp3) is 0.897. The standard InChI is InChI=1S/C29H44O11/c1-13-22(33)23(34)24(35)25(39-13)40-15-9-19(31)27(3)21-17(4-6-28(27,36)10-15)29(37)7-5-16(14-8-20(32)38-12-14)26(29,2)11-18(21)30/h8,13,15-19,21-25,30-31,33-37H,4-7,9-12H2,1-3H3/t13?,15-,16?,17+,18+,19+,21+,22?,23?,24?,25?,26+,27+,28-,29-/m0/s1. The van der Waals surface area contributed by atoms with Crippen molar-refractivity contribution in [1.29, 1.82) is 0 Å². The van der Waals surface area contributed by atoms with Crippen molar-refractivity contribution >= 4 is 5.97 Å². The molecule has 5 fully saturated rings. The van der Waals surface area contributed by atoms with E-state index < -0.39 is 77.0 Å². The van der Waals surface area contributed by atoms with Gasteiger partial charge >= 0.3 is 5.97 Å². The van der Waals surface area contributed by atoms with Crippen LogP contribution in [0.2, 0.25) is 0 Å². The van der Waals surface area contributed by atoms with Gasteiger partial charge in [-0.1, -0.05) is 13.8 Å². The number of cyclic esters (lactones) is 1. The zero-order chi connectivity index (χ0) is 29.0. The van der Waals surface area contributed by atoms with Crippen LogP contribution in [-0.2, 0) is 19.0 Å². The third-order valence-corrected chi connectivity index (χ3v) is 12.2. The van der Waals surface area contributed by atoms with Gasteiger partial charge in [-0.25, -0.2) is 4.79 Å². The van der Waals surface area contributed by atoms with Crippen LogP contribution in [0.5, 0.6) is 0 Å². The summed E-state index contributed by atoms with van der Waals surface area (Å²) in [5.41, 5.74) is -3.58. The second kappa shape index (κ2) is 9.42. The Hall–Kier alpha value is -1.15. The fourth-order valence-corrected chi connectivity index (χ4v) is 9.95. The Bertz CT molecular complexity index is 1070. The molecule has 1 saturated heterocycles. The normalized spacial score (nSPS) is 58.0. The molecule has 0 bridgehead atoms. The van der Waals surface area contributed by atoms with Crippen molar-refractivity contribution in [2.45, 2.75) is 126 Å². The van der Waals surface area contributed by atoms with Gasteiger partial charge in [0, 0.05) is 35.7 Å². The molecule has 6 unspecified atom stereocenters. The average Bonchev–Trinajstić information content (AvgIpc) is 3.42. The van der Waals surface area contributed by atoms with Gasteiger partial charge in [-0.05, 0) is 56.4 Å². The first-order valence-corrected chi connectivity index (χ1v) is 14.7. The molecular formula is C29H44O11. The molecule has 6 rings (SSSR count).